The van der Waals surface area contributed by atoms with Gasteiger partial charge in [0.1, 0.15) is 5.76 Å². The second kappa shape index (κ2) is 6.89. The third-order valence-corrected chi connectivity index (χ3v) is 3.28. The van der Waals surface area contributed by atoms with Crippen LogP contribution in [0.1, 0.15) is 21.7 Å². The molecular weight excluding hydrogens is 286 g/mol. The molecule has 0 fully saturated rings. The summed E-state index contributed by atoms with van der Waals surface area (Å²) >= 11 is 0. The van der Waals surface area contributed by atoms with Crippen molar-refractivity contribution in [3.05, 3.63) is 41.3 Å². The van der Waals surface area contributed by atoms with Crippen molar-refractivity contribution in [3.8, 4) is 17.2 Å². The molecule has 0 aliphatic heterocycles. The fourth-order valence-electron chi connectivity index (χ4n) is 2.14. The number of hydrogen-bond donors (Lipinski definition) is 1. The molecule has 22 heavy (non-hydrogen) atoms. The van der Waals surface area contributed by atoms with E-state index in [9.17, 15) is 4.79 Å². The molecule has 1 amide bonds. The molecule has 118 valence electrons. The molecule has 1 N–H and O–H groups in total. The van der Waals surface area contributed by atoms with E-state index in [1.807, 2.05) is 0 Å². The summed E-state index contributed by atoms with van der Waals surface area (Å²) in [6, 6.07) is 5.23. The number of amides is 1. The van der Waals surface area contributed by atoms with Crippen LogP contribution < -0.4 is 19.5 Å². The molecule has 0 aliphatic carbocycles. The Kier molecular flexibility index (Phi) is 4.93. The van der Waals surface area contributed by atoms with E-state index in [2.05, 4.69) is 5.32 Å². The van der Waals surface area contributed by atoms with E-state index in [0.717, 1.165) is 5.56 Å². The van der Waals surface area contributed by atoms with Crippen LogP contribution >= 0.6 is 0 Å². The van der Waals surface area contributed by atoms with Gasteiger partial charge in [0.05, 0.1) is 33.2 Å². The van der Waals surface area contributed by atoms with Crippen LogP contribution in [-0.4, -0.2) is 27.2 Å². The molecule has 1 heterocycles. The van der Waals surface area contributed by atoms with E-state index in [4.69, 9.17) is 18.6 Å². The van der Waals surface area contributed by atoms with Gasteiger partial charge in [-0.1, -0.05) is 0 Å². The molecule has 0 bridgehead atoms. The lowest BCUT2D eigenvalue weighted by Crippen LogP contribution is -2.23. The van der Waals surface area contributed by atoms with Gasteiger partial charge in [-0.15, -0.1) is 0 Å². The van der Waals surface area contributed by atoms with Crippen molar-refractivity contribution >= 4 is 5.91 Å². The van der Waals surface area contributed by atoms with Gasteiger partial charge < -0.3 is 23.9 Å². The number of aryl methyl sites for hydroxylation is 1. The van der Waals surface area contributed by atoms with Gasteiger partial charge in [0, 0.05) is 6.54 Å². The minimum Gasteiger partial charge on any atom is -0.493 e. The first-order valence-electron chi connectivity index (χ1n) is 6.71. The predicted molar refractivity (Wildman–Crippen MR) is 80.7 cm³/mol. The Hall–Kier alpha value is -2.63. The maximum absolute atomic E-state index is 12.1. The molecule has 0 unspecified atom stereocenters. The van der Waals surface area contributed by atoms with E-state index >= 15 is 0 Å². The third kappa shape index (κ3) is 3.16. The number of nitrogens with one attached hydrogen (secondary N) is 1. The number of carbonyl (C=O) groups is 1. The molecule has 1 aromatic carbocycles. The molecule has 0 spiro atoms. The highest BCUT2D eigenvalue weighted by Crippen LogP contribution is 2.38. The fourth-order valence-corrected chi connectivity index (χ4v) is 2.14. The molecule has 1 aromatic heterocycles. The van der Waals surface area contributed by atoms with E-state index in [-0.39, 0.29) is 5.91 Å². The van der Waals surface area contributed by atoms with E-state index in [0.29, 0.717) is 35.1 Å². The van der Waals surface area contributed by atoms with Crippen LogP contribution in [0.25, 0.3) is 0 Å². The molecule has 2 aromatic rings. The zero-order chi connectivity index (χ0) is 16.1. The number of methoxy groups -OCH3 is 3. The molecule has 0 aliphatic rings. The van der Waals surface area contributed by atoms with Gasteiger partial charge in [-0.25, -0.2) is 0 Å². The average molecular weight is 305 g/mol. The van der Waals surface area contributed by atoms with Crippen LogP contribution in [-0.2, 0) is 6.54 Å². The van der Waals surface area contributed by atoms with E-state index < -0.39 is 0 Å². The van der Waals surface area contributed by atoms with Gasteiger partial charge in [0.2, 0.25) is 5.75 Å². The van der Waals surface area contributed by atoms with Gasteiger partial charge in [-0.3, -0.25) is 4.79 Å². The Morgan fingerprint density at radius 3 is 2.23 bits per heavy atom. The number of carbonyl (C=O) groups excluding carboxylic acids is 1. The van der Waals surface area contributed by atoms with Gasteiger partial charge in [0.15, 0.2) is 11.5 Å². The summed E-state index contributed by atoms with van der Waals surface area (Å²) in [5.74, 6) is 2.00. The first-order chi connectivity index (χ1) is 10.6. The van der Waals surface area contributed by atoms with Crippen molar-refractivity contribution < 1.29 is 23.4 Å². The second-order valence-corrected chi connectivity index (χ2v) is 4.61. The molecule has 6 nitrogen and oxygen atoms in total. The highest BCUT2D eigenvalue weighted by atomic mass is 16.5. The van der Waals surface area contributed by atoms with E-state index in [1.54, 1.807) is 46.5 Å². The maximum atomic E-state index is 12.1. The minimum atomic E-state index is -0.194. The normalized spacial score (nSPS) is 10.2. The van der Waals surface area contributed by atoms with Crippen molar-refractivity contribution in [2.45, 2.75) is 13.5 Å². The fraction of sp³-hybridized carbons (Fsp3) is 0.312. The highest BCUT2D eigenvalue weighted by molar-refractivity contribution is 5.95. The smallest absolute Gasteiger partial charge is 0.255 e. The number of hydrogen-bond acceptors (Lipinski definition) is 5. The largest absolute Gasteiger partial charge is 0.493 e. The van der Waals surface area contributed by atoms with Crippen molar-refractivity contribution in [3.63, 3.8) is 0 Å². The highest BCUT2D eigenvalue weighted by Gasteiger charge is 2.15. The van der Waals surface area contributed by atoms with Gasteiger partial charge in [-0.05, 0) is 30.7 Å². The van der Waals surface area contributed by atoms with Crippen LogP contribution in [0.2, 0.25) is 0 Å². The standard InChI is InChI=1S/C16H19NO5/c1-10-12(5-6-22-10)16(18)17-9-11-7-13(19-2)15(21-4)14(8-11)20-3/h5-8H,9H2,1-4H3,(H,17,18). The lowest BCUT2D eigenvalue weighted by atomic mass is 10.1. The zero-order valence-electron chi connectivity index (χ0n) is 13.1. The van der Waals surface area contributed by atoms with Gasteiger partial charge in [0.25, 0.3) is 5.91 Å². The van der Waals surface area contributed by atoms with Crippen LogP contribution in [0, 0.1) is 6.92 Å². The van der Waals surface area contributed by atoms with Crippen molar-refractivity contribution in [2.75, 3.05) is 21.3 Å². The molecule has 0 saturated carbocycles. The Labute approximate surface area is 129 Å². The number of furan rings is 1. The Morgan fingerprint density at radius 1 is 1.14 bits per heavy atom. The van der Waals surface area contributed by atoms with Crippen LogP contribution in [0.5, 0.6) is 17.2 Å². The van der Waals surface area contributed by atoms with Crippen LogP contribution in [0.4, 0.5) is 0 Å². The van der Waals surface area contributed by atoms with Gasteiger partial charge >= 0.3 is 0 Å². The Balaban J connectivity index is 2.16. The number of rotatable bonds is 6. The zero-order valence-corrected chi connectivity index (χ0v) is 13.1. The molecule has 0 radical (unpaired) electrons. The van der Waals surface area contributed by atoms with Crippen molar-refractivity contribution in [2.24, 2.45) is 0 Å². The maximum Gasteiger partial charge on any atom is 0.255 e. The SMILES string of the molecule is COc1cc(CNC(=O)c2ccoc2C)cc(OC)c1OC. The van der Waals surface area contributed by atoms with Crippen LogP contribution in [0.3, 0.4) is 0 Å². The van der Waals surface area contributed by atoms with Crippen LogP contribution in [0.15, 0.2) is 28.9 Å². The number of ether oxygens (including phenoxy) is 3. The topological polar surface area (TPSA) is 69.9 Å². The minimum absolute atomic E-state index is 0.194. The lowest BCUT2D eigenvalue weighted by Gasteiger charge is -2.14. The molecule has 2 rings (SSSR count). The summed E-state index contributed by atoms with van der Waals surface area (Å²) in [5.41, 5.74) is 1.36. The summed E-state index contributed by atoms with van der Waals surface area (Å²) in [4.78, 5) is 12.1. The molecule has 0 saturated heterocycles. The number of benzene rings is 1. The quantitative estimate of drug-likeness (QED) is 0.888. The van der Waals surface area contributed by atoms with Gasteiger partial charge in [-0.2, -0.15) is 0 Å². The molecule has 6 heteroatoms. The first-order valence-corrected chi connectivity index (χ1v) is 6.71. The summed E-state index contributed by atoms with van der Waals surface area (Å²) < 4.78 is 21.0. The summed E-state index contributed by atoms with van der Waals surface area (Å²) in [6.45, 7) is 2.08. The Bertz CT molecular complexity index is 637. The van der Waals surface area contributed by atoms with Crippen molar-refractivity contribution in [1.29, 1.82) is 0 Å². The first kappa shape index (κ1) is 15.8. The summed E-state index contributed by atoms with van der Waals surface area (Å²) in [7, 11) is 4.65. The van der Waals surface area contributed by atoms with Crippen molar-refractivity contribution in [1.82, 2.24) is 5.32 Å². The average Bonchev–Trinajstić information content (AvgIpc) is 2.97. The lowest BCUT2D eigenvalue weighted by molar-refractivity contribution is 0.0949. The molecule has 0 atom stereocenters. The third-order valence-electron chi connectivity index (χ3n) is 3.28. The predicted octanol–water partition coefficient (Wildman–Crippen LogP) is 2.54. The summed E-state index contributed by atoms with van der Waals surface area (Å²) in [5, 5.41) is 2.83. The monoisotopic (exact) mass is 305 g/mol. The molecular formula is C16H19NO5. The summed E-state index contributed by atoms with van der Waals surface area (Å²) in [6.07, 6.45) is 1.49. The van der Waals surface area contributed by atoms with E-state index in [1.165, 1.54) is 6.26 Å². The second-order valence-electron chi connectivity index (χ2n) is 4.61. The Morgan fingerprint density at radius 2 is 1.77 bits per heavy atom.